The summed E-state index contributed by atoms with van der Waals surface area (Å²) < 4.78 is 14.2. The molecule has 0 aliphatic heterocycles. The molecule has 0 spiro atoms. The minimum atomic E-state index is -0.299. The third-order valence-electron chi connectivity index (χ3n) is 2.42. The van der Waals surface area contributed by atoms with Gasteiger partial charge in [-0.15, -0.1) is 0 Å². The van der Waals surface area contributed by atoms with Crippen molar-refractivity contribution in [2.75, 3.05) is 0 Å². The fourth-order valence-corrected chi connectivity index (χ4v) is 2.64. The lowest BCUT2D eigenvalue weighted by molar-refractivity contribution is 0.575. The first-order chi connectivity index (χ1) is 7.68. The van der Waals surface area contributed by atoms with Crippen LogP contribution in [0.1, 0.15) is 17.2 Å². The Morgan fingerprint density at radius 3 is 2.88 bits per heavy atom. The zero-order valence-corrected chi connectivity index (χ0v) is 10.9. The zero-order chi connectivity index (χ0) is 11.5. The van der Waals surface area contributed by atoms with Gasteiger partial charge in [0.15, 0.2) is 0 Å². The molecule has 2 aromatic rings. The van der Waals surface area contributed by atoms with E-state index in [1.54, 1.807) is 29.5 Å². The van der Waals surface area contributed by atoms with E-state index in [0.717, 1.165) is 5.56 Å². The molecule has 0 aliphatic carbocycles. The number of nitrogens with two attached hydrogens (primary N) is 1. The number of benzene rings is 1. The van der Waals surface area contributed by atoms with Crippen LogP contribution in [0.15, 0.2) is 39.5 Å². The first-order valence-corrected chi connectivity index (χ1v) is 6.62. The first kappa shape index (κ1) is 11.8. The molecule has 0 bridgehead atoms. The van der Waals surface area contributed by atoms with Gasteiger partial charge in [0.1, 0.15) is 5.82 Å². The molecule has 0 amide bonds. The molecule has 1 aromatic carbocycles. The molecular formula is C12H11BrFNS. The lowest BCUT2D eigenvalue weighted by Gasteiger charge is -2.12. The minimum absolute atomic E-state index is 0.259. The van der Waals surface area contributed by atoms with Crippen molar-refractivity contribution in [2.45, 2.75) is 12.5 Å². The summed E-state index contributed by atoms with van der Waals surface area (Å²) in [6.07, 6.45) is 0.664. The molecule has 1 nitrogen and oxygen atoms in total. The molecular weight excluding hydrogens is 289 g/mol. The Balaban J connectivity index is 2.21. The molecule has 0 saturated carbocycles. The highest BCUT2D eigenvalue weighted by atomic mass is 79.9. The average Bonchev–Trinajstić information content (AvgIpc) is 2.74. The molecule has 2 rings (SSSR count). The maximum atomic E-state index is 13.8. The van der Waals surface area contributed by atoms with Gasteiger partial charge in [0, 0.05) is 11.6 Å². The maximum Gasteiger partial charge on any atom is 0.142 e. The van der Waals surface area contributed by atoms with Gasteiger partial charge < -0.3 is 5.73 Å². The fraction of sp³-hybridized carbons (Fsp3) is 0.167. The van der Waals surface area contributed by atoms with Gasteiger partial charge in [-0.25, -0.2) is 4.39 Å². The highest BCUT2D eigenvalue weighted by Gasteiger charge is 2.13. The second-order valence-corrected chi connectivity index (χ2v) is 5.22. The van der Waals surface area contributed by atoms with E-state index in [-0.39, 0.29) is 11.9 Å². The molecule has 0 saturated heterocycles. The monoisotopic (exact) mass is 299 g/mol. The fourth-order valence-electron chi connectivity index (χ4n) is 1.58. The summed E-state index contributed by atoms with van der Waals surface area (Å²) in [5.74, 6) is -0.259. The third-order valence-corrected chi connectivity index (χ3v) is 3.76. The molecule has 16 heavy (non-hydrogen) atoms. The van der Waals surface area contributed by atoms with E-state index in [9.17, 15) is 4.39 Å². The summed E-state index contributed by atoms with van der Waals surface area (Å²) in [7, 11) is 0. The van der Waals surface area contributed by atoms with Crippen LogP contribution in [0.2, 0.25) is 0 Å². The Hall–Kier alpha value is -0.710. The highest BCUT2D eigenvalue weighted by Crippen LogP contribution is 2.25. The highest BCUT2D eigenvalue weighted by molar-refractivity contribution is 9.10. The van der Waals surface area contributed by atoms with E-state index >= 15 is 0 Å². The maximum absolute atomic E-state index is 13.8. The normalized spacial score (nSPS) is 12.7. The van der Waals surface area contributed by atoms with E-state index in [2.05, 4.69) is 15.9 Å². The molecule has 1 heterocycles. The topological polar surface area (TPSA) is 26.0 Å². The van der Waals surface area contributed by atoms with Crippen LogP contribution in [0.4, 0.5) is 4.39 Å². The molecule has 1 aromatic heterocycles. The van der Waals surface area contributed by atoms with Crippen LogP contribution < -0.4 is 5.73 Å². The van der Waals surface area contributed by atoms with Crippen molar-refractivity contribution in [3.8, 4) is 0 Å². The van der Waals surface area contributed by atoms with Crippen molar-refractivity contribution in [2.24, 2.45) is 5.73 Å². The van der Waals surface area contributed by atoms with Crippen LogP contribution in [-0.2, 0) is 6.42 Å². The van der Waals surface area contributed by atoms with E-state index < -0.39 is 0 Å². The van der Waals surface area contributed by atoms with Crippen molar-refractivity contribution in [3.05, 3.63) is 56.4 Å². The van der Waals surface area contributed by atoms with Crippen molar-refractivity contribution in [3.63, 3.8) is 0 Å². The minimum Gasteiger partial charge on any atom is -0.324 e. The van der Waals surface area contributed by atoms with Gasteiger partial charge in [0.25, 0.3) is 0 Å². The van der Waals surface area contributed by atoms with Crippen LogP contribution >= 0.6 is 27.3 Å². The molecule has 4 heteroatoms. The number of halogens is 2. The second kappa shape index (κ2) is 5.08. The van der Waals surface area contributed by atoms with Gasteiger partial charge in [-0.05, 0) is 50.8 Å². The van der Waals surface area contributed by atoms with E-state index in [0.29, 0.717) is 16.5 Å². The van der Waals surface area contributed by atoms with Crippen LogP contribution in [0, 0.1) is 5.82 Å². The molecule has 0 fully saturated rings. The van der Waals surface area contributed by atoms with Gasteiger partial charge in [-0.3, -0.25) is 0 Å². The SMILES string of the molecule is NC(Cc1ccsc1)c1cccc(Br)c1F. The summed E-state index contributed by atoms with van der Waals surface area (Å²) in [5.41, 5.74) is 7.71. The third kappa shape index (κ3) is 2.51. The summed E-state index contributed by atoms with van der Waals surface area (Å²) in [5, 5.41) is 4.04. The van der Waals surface area contributed by atoms with Crippen molar-refractivity contribution in [1.82, 2.24) is 0 Å². The molecule has 2 N–H and O–H groups in total. The molecule has 1 unspecified atom stereocenters. The average molecular weight is 300 g/mol. The van der Waals surface area contributed by atoms with Gasteiger partial charge in [0.2, 0.25) is 0 Å². The van der Waals surface area contributed by atoms with Gasteiger partial charge in [-0.2, -0.15) is 11.3 Å². The van der Waals surface area contributed by atoms with E-state index in [1.165, 1.54) is 0 Å². The summed E-state index contributed by atoms with van der Waals surface area (Å²) >= 11 is 4.79. The van der Waals surface area contributed by atoms with E-state index in [1.807, 2.05) is 16.8 Å². The Kier molecular flexibility index (Phi) is 3.74. The second-order valence-electron chi connectivity index (χ2n) is 3.59. The quantitative estimate of drug-likeness (QED) is 0.914. The zero-order valence-electron chi connectivity index (χ0n) is 8.49. The number of hydrogen-bond acceptors (Lipinski definition) is 2. The van der Waals surface area contributed by atoms with Crippen molar-refractivity contribution in [1.29, 1.82) is 0 Å². The summed E-state index contributed by atoms with van der Waals surface area (Å²) in [4.78, 5) is 0. The summed E-state index contributed by atoms with van der Waals surface area (Å²) in [6, 6.07) is 6.93. The summed E-state index contributed by atoms with van der Waals surface area (Å²) in [6.45, 7) is 0. The predicted octanol–water partition coefficient (Wildman–Crippen LogP) is 3.89. The number of hydrogen-bond donors (Lipinski definition) is 1. The van der Waals surface area contributed by atoms with Gasteiger partial charge in [0.05, 0.1) is 4.47 Å². The Labute approximate surface area is 106 Å². The Morgan fingerprint density at radius 2 is 2.19 bits per heavy atom. The van der Waals surface area contributed by atoms with Crippen LogP contribution in [0.3, 0.4) is 0 Å². The van der Waals surface area contributed by atoms with Crippen LogP contribution in [0.25, 0.3) is 0 Å². The largest absolute Gasteiger partial charge is 0.324 e. The standard InChI is InChI=1S/C12H11BrFNS/c13-10-3-1-2-9(12(10)14)11(15)6-8-4-5-16-7-8/h1-5,7,11H,6,15H2. The Morgan fingerprint density at radius 1 is 1.38 bits per heavy atom. The van der Waals surface area contributed by atoms with Crippen molar-refractivity contribution < 1.29 is 4.39 Å². The molecule has 1 atom stereocenters. The predicted molar refractivity (Wildman–Crippen MR) is 69.1 cm³/mol. The van der Waals surface area contributed by atoms with Crippen molar-refractivity contribution >= 4 is 27.3 Å². The smallest absolute Gasteiger partial charge is 0.142 e. The molecule has 0 radical (unpaired) electrons. The van der Waals surface area contributed by atoms with E-state index in [4.69, 9.17) is 5.73 Å². The van der Waals surface area contributed by atoms with Gasteiger partial charge >= 0.3 is 0 Å². The van der Waals surface area contributed by atoms with Crippen LogP contribution in [-0.4, -0.2) is 0 Å². The first-order valence-electron chi connectivity index (χ1n) is 4.89. The Bertz CT molecular complexity index is 470. The van der Waals surface area contributed by atoms with Crippen LogP contribution in [0.5, 0.6) is 0 Å². The number of thiophene rings is 1. The number of rotatable bonds is 3. The lowest BCUT2D eigenvalue weighted by Crippen LogP contribution is -2.14. The molecule has 0 aliphatic rings. The van der Waals surface area contributed by atoms with Gasteiger partial charge in [-0.1, -0.05) is 12.1 Å². The molecule has 84 valence electrons. The lowest BCUT2D eigenvalue weighted by atomic mass is 10.0.